The van der Waals surface area contributed by atoms with Crippen molar-refractivity contribution >= 4 is 22.9 Å². The van der Waals surface area contributed by atoms with Crippen molar-refractivity contribution in [1.29, 1.82) is 0 Å². The van der Waals surface area contributed by atoms with Gasteiger partial charge in [0.25, 0.3) is 11.3 Å². The van der Waals surface area contributed by atoms with Gasteiger partial charge in [-0.1, -0.05) is 38.1 Å². The fourth-order valence-electron chi connectivity index (χ4n) is 2.45. The number of hydrogen-bond donors (Lipinski definition) is 2. The lowest BCUT2D eigenvalue weighted by Gasteiger charge is -2.29. The fraction of sp³-hybridized carbons (Fsp3) is 0.235. The molecule has 2 aromatic carbocycles. The summed E-state index contributed by atoms with van der Waals surface area (Å²) in [6, 6.07) is 11.3. The number of nitrogens with zero attached hydrogens (tertiary/aromatic N) is 1. The van der Waals surface area contributed by atoms with Gasteiger partial charge >= 0.3 is 5.97 Å². The summed E-state index contributed by atoms with van der Waals surface area (Å²) >= 11 is -2.48. The van der Waals surface area contributed by atoms with Gasteiger partial charge in [0.15, 0.2) is 0 Å². The Kier molecular flexibility index (Phi) is 5.69. The predicted octanol–water partition coefficient (Wildman–Crippen LogP) is 3.55. The third-order valence-electron chi connectivity index (χ3n) is 3.60. The van der Waals surface area contributed by atoms with Gasteiger partial charge in [0.2, 0.25) is 0 Å². The van der Waals surface area contributed by atoms with Gasteiger partial charge in [-0.15, -0.1) is 0 Å². The number of hydrogen-bond acceptors (Lipinski definition) is 2. The van der Waals surface area contributed by atoms with Crippen LogP contribution in [0.25, 0.3) is 11.1 Å². The Hall–Kier alpha value is -2.25. The molecule has 0 aliphatic heterocycles. The van der Waals surface area contributed by atoms with Gasteiger partial charge < -0.3 is 5.11 Å². The van der Waals surface area contributed by atoms with Crippen molar-refractivity contribution in [1.82, 2.24) is 0 Å². The van der Waals surface area contributed by atoms with E-state index in [0.29, 0.717) is 5.69 Å². The van der Waals surface area contributed by atoms with Crippen molar-refractivity contribution in [3.05, 3.63) is 54.3 Å². The number of rotatable bonds is 6. The molecule has 128 valence electrons. The number of benzene rings is 2. The SMILES string of the molecule is CC(C)C(C(=O)O)N(c1ccc(-c2ccc(F)cc2)cc1)S(=O)O. The molecule has 7 heteroatoms. The van der Waals surface area contributed by atoms with Gasteiger partial charge in [0.05, 0.1) is 5.69 Å². The van der Waals surface area contributed by atoms with Crippen LogP contribution in [0.15, 0.2) is 48.5 Å². The minimum Gasteiger partial charge on any atom is -0.480 e. The molecule has 2 unspecified atom stereocenters. The zero-order valence-corrected chi connectivity index (χ0v) is 14.0. The van der Waals surface area contributed by atoms with Crippen molar-refractivity contribution in [2.75, 3.05) is 4.31 Å². The maximum atomic E-state index is 13.0. The summed E-state index contributed by atoms with van der Waals surface area (Å²) < 4.78 is 35.2. The molecule has 24 heavy (non-hydrogen) atoms. The number of carboxylic acid groups (broad SMARTS) is 1. The molecule has 0 saturated carbocycles. The summed E-state index contributed by atoms with van der Waals surface area (Å²) in [7, 11) is 0. The summed E-state index contributed by atoms with van der Waals surface area (Å²) in [5.74, 6) is -1.87. The minimum absolute atomic E-state index is 0.322. The van der Waals surface area contributed by atoms with Crippen molar-refractivity contribution in [2.45, 2.75) is 19.9 Å². The Morgan fingerprint density at radius 1 is 1.04 bits per heavy atom. The Balaban J connectivity index is 2.37. The molecule has 0 aliphatic carbocycles. The summed E-state index contributed by atoms with van der Waals surface area (Å²) in [5, 5.41) is 9.36. The Labute approximate surface area is 142 Å². The highest BCUT2D eigenvalue weighted by Crippen LogP contribution is 2.27. The summed E-state index contributed by atoms with van der Waals surface area (Å²) in [4.78, 5) is 11.5. The highest BCUT2D eigenvalue weighted by Gasteiger charge is 2.32. The first-order valence-corrected chi connectivity index (χ1v) is 8.36. The van der Waals surface area contributed by atoms with Crippen LogP contribution in [0.2, 0.25) is 0 Å². The average Bonchev–Trinajstić information content (AvgIpc) is 2.52. The van der Waals surface area contributed by atoms with Crippen LogP contribution >= 0.6 is 0 Å². The Morgan fingerprint density at radius 2 is 1.50 bits per heavy atom. The van der Waals surface area contributed by atoms with Crippen LogP contribution in [0.1, 0.15) is 13.8 Å². The predicted molar refractivity (Wildman–Crippen MR) is 91.3 cm³/mol. The first-order valence-electron chi connectivity index (χ1n) is 7.30. The number of carboxylic acids is 1. The molecular weight excluding hydrogens is 333 g/mol. The van der Waals surface area contributed by atoms with E-state index in [4.69, 9.17) is 0 Å². The molecular formula is C17H18FNO4S. The maximum Gasteiger partial charge on any atom is 0.327 e. The second-order valence-corrected chi connectivity index (χ2v) is 6.49. The molecule has 2 atom stereocenters. The van der Waals surface area contributed by atoms with Crippen LogP contribution in [0.5, 0.6) is 0 Å². The van der Waals surface area contributed by atoms with Crippen LogP contribution in [-0.4, -0.2) is 25.9 Å². The Morgan fingerprint density at radius 3 is 1.88 bits per heavy atom. The molecule has 5 nitrogen and oxygen atoms in total. The summed E-state index contributed by atoms with van der Waals surface area (Å²) in [6.45, 7) is 3.34. The third kappa shape index (κ3) is 3.98. The molecule has 0 radical (unpaired) electrons. The van der Waals surface area contributed by atoms with Crippen molar-refractivity contribution < 1.29 is 23.1 Å². The second kappa shape index (κ2) is 7.55. The maximum absolute atomic E-state index is 13.0. The van der Waals surface area contributed by atoms with Crippen molar-refractivity contribution in [3.63, 3.8) is 0 Å². The molecule has 0 amide bonds. The number of aliphatic carboxylic acids is 1. The third-order valence-corrected chi connectivity index (χ3v) is 4.38. The topological polar surface area (TPSA) is 77.8 Å². The van der Waals surface area contributed by atoms with Crippen molar-refractivity contribution in [3.8, 4) is 11.1 Å². The number of halogens is 1. The first kappa shape index (κ1) is 18.1. The fourth-order valence-corrected chi connectivity index (χ4v) is 3.28. The smallest absolute Gasteiger partial charge is 0.327 e. The van der Waals surface area contributed by atoms with Gasteiger partial charge in [0.1, 0.15) is 11.9 Å². The molecule has 0 fully saturated rings. The highest BCUT2D eigenvalue weighted by molar-refractivity contribution is 7.80. The van der Waals surface area contributed by atoms with E-state index in [2.05, 4.69) is 0 Å². The van der Waals surface area contributed by atoms with Crippen LogP contribution in [0.3, 0.4) is 0 Å². The molecule has 0 saturated heterocycles. The lowest BCUT2D eigenvalue weighted by atomic mass is 10.0. The van der Waals surface area contributed by atoms with Gasteiger partial charge in [-0.05, 0) is 41.3 Å². The van der Waals surface area contributed by atoms with E-state index >= 15 is 0 Å². The molecule has 2 rings (SSSR count). The monoisotopic (exact) mass is 351 g/mol. The van der Waals surface area contributed by atoms with E-state index in [-0.39, 0.29) is 11.7 Å². The highest BCUT2D eigenvalue weighted by atomic mass is 32.2. The summed E-state index contributed by atoms with van der Waals surface area (Å²) in [6.07, 6.45) is 0. The zero-order chi connectivity index (χ0) is 17.9. The lowest BCUT2D eigenvalue weighted by Crippen LogP contribution is -2.45. The molecule has 2 aromatic rings. The molecule has 2 N–H and O–H groups in total. The molecule has 0 bridgehead atoms. The minimum atomic E-state index is -2.48. The van der Waals surface area contributed by atoms with Crippen LogP contribution in [0.4, 0.5) is 10.1 Å². The number of carbonyl (C=O) groups is 1. The van der Waals surface area contributed by atoms with E-state index < -0.39 is 23.3 Å². The second-order valence-electron chi connectivity index (χ2n) is 5.64. The van der Waals surface area contributed by atoms with E-state index in [1.54, 1.807) is 50.2 Å². The van der Waals surface area contributed by atoms with Gasteiger partial charge in [-0.25, -0.2) is 13.4 Å². The standard InChI is InChI=1S/C17H18FNO4S/c1-11(2)16(17(20)21)19(24(22)23)15-9-5-13(6-10-15)12-3-7-14(18)8-4-12/h3-11,16H,1-2H3,(H,20,21)(H,22,23). The average molecular weight is 351 g/mol. The van der Waals surface area contributed by atoms with Crippen LogP contribution in [0, 0.1) is 11.7 Å². The largest absolute Gasteiger partial charge is 0.480 e. The van der Waals surface area contributed by atoms with Gasteiger partial charge in [0, 0.05) is 0 Å². The molecule has 0 spiro atoms. The summed E-state index contributed by atoms with van der Waals surface area (Å²) in [5.41, 5.74) is 1.90. The molecule has 0 aliphatic rings. The van der Waals surface area contributed by atoms with E-state index in [1.165, 1.54) is 12.1 Å². The quantitative estimate of drug-likeness (QED) is 0.780. The van der Waals surface area contributed by atoms with Crippen molar-refractivity contribution in [2.24, 2.45) is 5.92 Å². The number of anilines is 1. The lowest BCUT2D eigenvalue weighted by molar-refractivity contribution is -0.139. The molecule has 0 heterocycles. The first-order chi connectivity index (χ1) is 11.3. The molecule has 0 aromatic heterocycles. The zero-order valence-electron chi connectivity index (χ0n) is 13.2. The van der Waals surface area contributed by atoms with E-state index in [0.717, 1.165) is 15.4 Å². The van der Waals surface area contributed by atoms with Gasteiger partial charge in [-0.2, -0.15) is 0 Å². The Bertz CT molecular complexity index is 731. The van der Waals surface area contributed by atoms with Gasteiger partial charge in [-0.3, -0.25) is 8.86 Å². The van der Waals surface area contributed by atoms with E-state index in [9.17, 15) is 23.1 Å². The van der Waals surface area contributed by atoms with E-state index in [1.807, 2.05) is 0 Å². The van der Waals surface area contributed by atoms with Crippen LogP contribution in [-0.2, 0) is 16.1 Å². The van der Waals surface area contributed by atoms with Crippen LogP contribution < -0.4 is 4.31 Å². The normalized spacial score (nSPS) is 13.5.